The minimum absolute atomic E-state index is 0.936. The molecule has 0 bridgehead atoms. The monoisotopic (exact) mass is 333 g/mol. The van der Waals surface area contributed by atoms with Crippen molar-refractivity contribution >= 4 is 15.9 Å². The maximum atomic E-state index is 3.38. The zero-order valence-corrected chi connectivity index (χ0v) is 14.8. The Kier molecular flexibility index (Phi) is 18.9. The van der Waals surface area contributed by atoms with Crippen LogP contribution in [-0.4, -0.2) is 12.0 Å². The Labute approximate surface area is 130 Å². The third-order valence-corrected chi connectivity index (χ3v) is 4.20. The van der Waals surface area contributed by atoms with E-state index in [1.165, 1.54) is 96.4 Å². The van der Waals surface area contributed by atoms with Crippen molar-refractivity contribution in [2.75, 3.05) is 12.0 Å². The summed E-state index contributed by atoms with van der Waals surface area (Å²) < 4.78 is 0. The molecule has 0 heterocycles. The zero-order valence-electron chi connectivity index (χ0n) is 13.2. The largest absolute Gasteiger partial charge is 0.307 e. The van der Waals surface area contributed by atoms with Gasteiger partial charge in [-0.3, -0.25) is 0 Å². The average Bonchev–Trinajstić information content (AvgIpc) is 2.43. The van der Waals surface area contributed by atoms with Gasteiger partial charge in [0.1, 0.15) is 0 Å². The Bertz CT molecular complexity index is 134. The summed E-state index contributed by atoms with van der Waals surface area (Å²) in [6.07, 6.45) is 20.2. The lowest BCUT2D eigenvalue weighted by Gasteiger charge is -2.03. The molecule has 1 nitrogen and oxygen atoms in total. The standard InChI is InChI=1S/C17H36BrN/c1-2-3-4-5-6-7-8-9-10-11-12-13-14-15-16-19-17-18/h19H,2-17H2,1H3. The molecule has 2 heteroatoms. The molecule has 0 fully saturated rings. The molecule has 116 valence electrons. The second kappa shape index (κ2) is 18.4. The minimum Gasteiger partial charge on any atom is -0.307 e. The average molecular weight is 334 g/mol. The molecule has 0 amide bonds. The quantitative estimate of drug-likeness (QED) is 0.195. The van der Waals surface area contributed by atoms with Crippen LogP contribution in [0.25, 0.3) is 0 Å². The molecule has 0 spiro atoms. The van der Waals surface area contributed by atoms with Crippen LogP contribution >= 0.6 is 15.9 Å². The van der Waals surface area contributed by atoms with Gasteiger partial charge >= 0.3 is 0 Å². The Morgan fingerprint density at radius 2 is 0.947 bits per heavy atom. The van der Waals surface area contributed by atoms with E-state index in [0.717, 1.165) is 5.45 Å². The maximum Gasteiger partial charge on any atom is 0.0517 e. The van der Waals surface area contributed by atoms with E-state index in [-0.39, 0.29) is 0 Å². The predicted molar refractivity (Wildman–Crippen MR) is 92.1 cm³/mol. The molecule has 0 atom stereocenters. The normalized spacial score (nSPS) is 11.1. The van der Waals surface area contributed by atoms with E-state index in [4.69, 9.17) is 0 Å². The number of rotatable bonds is 16. The van der Waals surface area contributed by atoms with Gasteiger partial charge in [0.25, 0.3) is 0 Å². The van der Waals surface area contributed by atoms with Gasteiger partial charge in [0.05, 0.1) is 5.45 Å². The van der Waals surface area contributed by atoms with Gasteiger partial charge in [0.15, 0.2) is 0 Å². The fourth-order valence-electron chi connectivity index (χ4n) is 2.51. The lowest BCUT2D eigenvalue weighted by atomic mass is 10.0. The molecule has 0 saturated heterocycles. The van der Waals surface area contributed by atoms with E-state index < -0.39 is 0 Å². The molecule has 0 aromatic heterocycles. The Morgan fingerprint density at radius 1 is 0.579 bits per heavy atom. The van der Waals surface area contributed by atoms with E-state index in [0.29, 0.717) is 0 Å². The molecular formula is C17H36BrN. The number of hydrogen-bond donors (Lipinski definition) is 1. The van der Waals surface area contributed by atoms with Crippen LogP contribution in [0, 0.1) is 0 Å². The number of halogens is 1. The third-order valence-electron chi connectivity index (χ3n) is 3.80. The number of nitrogens with one attached hydrogen (secondary N) is 1. The van der Waals surface area contributed by atoms with Crippen LogP contribution in [0.15, 0.2) is 0 Å². The van der Waals surface area contributed by atoms with E-state index >= 15 is 0 Å². The van der Waals surface area contributed by atoms with E-state index in [9.17, 15) is 0 Å². The highest BCUT2D eigenvalue weighted by atomic mass is 79.9. The summed E-state index contributed by atoms with van der Waals surface area (Å²) in [6.45, 7) is 3.46. The fourth-order valence-corrected chi connectivity index (χ4v) is 2.79. The maximum absolute atomic E-state index is 3.38. The fraction of sp³-hybridized carbons (Fsp3) is 1.00. The molecule has 0 unspecified atom stereocenters. The second-order valence-corrected chi connectivity index (χ2v) is 6.29. The first-order chi connectivity index (χ1) is 9.41. The van der Waals surface area contributed by atoms with Crippen LogP contribution in [0.4, 0.5) is 0 Å². The second-order valence-electron chi connectivity index (χ2n) is 5.73. The lowest BCUT2D eigenvalue weighted by molar-refractivity contribution is 0.533. The highest BCUT2D eigenvalue weighted by molar-refractivity contribution is 9.09. The topological polar surface area (TPSA) is 12.0 Å². The van der Waals surface area contributed by atoms with Crippen molar-refractivity contribution in [1.82, 2.24) is 5.32 Å². The van der Waals surface area contributed by atoms with Crippen LogP contribution in [-0.2, 0) is 0 Å². The van der Waals surface area contributed by atoms with Gasteiger partial charge in [0.2, 0.25) is 0 Å². The van der Waals surface area contributed by atoms with Crippen molar-refractivity contribution in [3.05, 3.63) is 0 Å². The summed E-state index contributed by atoms with van der Waals surface area (Å²) in [6, 6.07) is 0. The van der Waals surface area contributed by atoms with Crippen molar-refractivity contribution in [2.45, 2.75) is 96.8 Å². The molecule has 0 aliphatic carbocycles. The molecule has 0 radical (unpaired) electrons. The Balaban J connectivity index is 2.88. The van der Waals surface area contributed by atoms with Gasteiger partial charge in [-0.15, -0.1) is 0 Å². The van der Waals surface area contributed by atoms with Gasteiger partial charge in [0, 0.05) is 0 Å². The summed E-state index contributed by atoms with van der Waals surface area (Å²) in [5, 5.41) is 3.31. The highest BCUT2D eigenvalue weighted by Gasteiger charge is 1.93. The molecule has 19 heavy (non-hydrogen) atoms. The molecule has 0 aliphatic rings. The van der Waals surface area contributed by atoms with Crippen LogP contribution in [0.2, 0.25) is 0 Å². The van der Waals surface area contributed by atoms with Crippen LogP contribution in [0.1, 0.15) is 96.8 Å². The van der Waals surface area contributed by atoms with Gasteiger partial charge in [-0.05, 0) is 13.0 Å². The molecular weight excluding hydrogens is 298 g/mol. The van der Waals surface area contributed by atoms with Crippen LogP contribution in [0.5, 0.6) is 0 Å². The summed E-state index contributed by atoms with van der Waals surface area (Å²) >= 11 is 3.38. The molecule has 0 aromatic rings. The van der Waals surface area contributed by atoms with E-state index in [1.807, 2.05) is 0 Å². The minimum atomic E-state index is 0.936. The SMILES string of the molecule is CCCCCCCCCCCCCCCCNCBr. The first-order valence-electron chi connectivity index (χ1n) is 8.68. The summed E-state index contributed by atoms with van der Waals surface area (Å²) in [5.41, 5.74) is 0.936. The van der Waals surface area contributed by atoms with Crippen molar-refractivity contribution in [2.24, 2.45) is 0 Å². The lowest BCUT2D eigenvalue weighted by Crippen LogP contribution is -2.11. The van der Waals surface area contributed by atoms with Crippen molar-refractivity contribution in [1.29, 1.82) is 0 Å². The summed E-state index contributed by atoms with van der Waals surface area (Å²) in [5.74, 6) is 0. The number of unbranched alkanes of at least 4 members (excludes halogenated alkanes) is 13. The van der Waals surface area contributed by atoms with Gasteiger partial charge in [-0.2, -0.15) is 0 Å². The van der Waals surface area contributed by atoms with Crippen LogP contribution < -0.4 is 5.32 Å². The summed E-state index contributed by atoms with van der Waals surface area (Å²) in [4.78, 5) is 0. The van der Waals surface area contributed by atoms with E-state index in [2.05, 4.69) is 28.2 Å². The number of alkyl halides is 1. The molecule has 0 aromatic carbocycles. The third kappa shape index (κ3) is 18.4. The number of hydrogen-bond acceptors (Lipinski definition) is 1. The molecule has 1 N–H and O–H groups in total. The molecule has 0 aliphatic heterocycles. The molecule has 0 rings (SSSR count). The van der Waals surface area contributed by atoms with Crippen molar-refractivity contribution in [3.63, 3.8) is 0 Å². The first-order valence-corrected chi connectivity index (χ1v) is 9.80. The van der Waals surface area contributed by atoms with E-state index in [1.54, 1.807) is 0 Å². The van der Waals surface area contributed by atoms with Gasteiger partial charge in [-0.1, -0.05) is 106 Å². The molecule has 0 saturated carbocycles. The van der Waals surface area contributed by atoms with Gasteiger partial charge < -0.3 is 5.32 Å². The predicted octanol–water partition coefficient (Wildman–Crippen LogP) is 6.41. The van der Waals surface area contributed by atoms with Crippen molar-refractivity contribution in [3.8, 4) is 0 Å². The Hall–Kier alpha value is 0.440. The van der Waals surface area contributed by atoms with Crippen LogP contribution in [0.3, 0.4) is 0 Å². The zero-order chi connectivity index (χ0) is 14.0. The summed E-state index contributed by atoms with van der Waals surface area (Å²) in [7, 11) is 0. The Morgan fingerprint density at radius 3 is 1.32 bits per heavy atom. The van der Waals surface area contributed by atoms with Gasteiger partial charge in [-0.25, -0.2) is 0 Å². The van der Waals surface area contributed by atoms with Crippen molar-refractivity contribution < 1.29 is 0 Å². The smallest absolute Gasteiger partial charge is 0.0517 e. The highest BCUT2D eigenvalue weighted by Crippen LogP contribution is 2.12. The first kappa shape index (κ1) is 19.4.